The summed E-state index contributed by atoms with van der Waals surface area (Å²) in [7, 11) is 0. The largest absolute Gasteiger partial charge is 0.492 e. The number of ether oxygens (including phenoxy) is 1. The summed E-state index contributed by atoms with van der Waals surface area (Å²) >= 11 is 1.28. The Hall–Kier alpha value is -4.04. The molecule has 1 aromatic heterocycles. The number of imidazole rings is 1. The molecule has 0 atom stereocenters. The van der Waals surface area contributed by atoms with Crippen molar-refractivity contribution in [2.24, 2.45) is 0 Å². The summed E-state index contributed by atoms with van der Waals surface area (Å²) in [6.45, 7) is 10.1. The van der Waals surface area contributed by atoms with E-state index in [4.69, 9.17) is 9.72 Å². The Bertz CT molecular complexity index is 1480. The second-order valence-corrected chi connectivity index (χ2v) is 11.5. The first-order chi connectivity index (χ1) is 18.6. The summed E-state index contributed by atoms with van der Waals surface area (Å²) in [4.78, 5) is 30.6. The van der Waals surface area contributed by atoms with Gasteiger partial charge < -0.3 is 19.7 Å². The summed E-state index contributed by atoms with van der Waals surface area (Å²) in [6, 6.07) is 23.0. The maximum Gasteiger partial charge on any atom is 0.319 e. The van der Waals surface area contributed by atoms with Crippen LogP contribution in [0, 0.1) is 20.8 Å². The molecule has 0 unspecified atom stereocenters. The Morgan fingerprint density at radius 2 is 1.67 bits per heavy atom. The lowest BCUT2D eigenvalue weighted by Crippen LogP contribution is -2.26. The van der Waals surface area contributed by atoms with E-state index in [-0.39, 0.29) is 5.91 Å². The van der Waals surface area contributed by atoms with Crippen molar-refractivity contribution >= 4 is 29.3 Å². The first-order valence-corrected chi connectivity index (χ1v) is 13.5. The fourth-order valence-corrected chi connectivity index (χ4v) is 5.04. The fraction of sp³-hybridized carbons (Fsp3) is 0.258. The van der Waals surface area contributed by atoms with Crippen molar-refractivity contribution in [2.75, 3.05) is 11.9 Å². The fourth-order valence-electron chi connectivity index (χ4n) is 4.09. The van der Waals surface area contributed by atoms with Crippen molar-refractivity contribution < 1.29 is 19.4 Å². The lowest BCUT2D eigenvalue weighted by Gasteiger charge is -2.18. The predicted molar refractivity (Wildman–Crippen MR) is 156 cm³/mol. The van der Waals surface area contributed by atoms with Gasteiger partial charge in [-0.3, -0.25) is 9.59 Å². The highest BCUT2D eigenvalue weighted by atomic mass is 32.2. The van der Waals surface area contributed by atoms with Gasteiger partial charge in [-0.25, -0.2) is 4.98 Å². The van der Waals surface area contributed by atoms with Crippen molar-refractivity contribution in [2.45, 2.75) is 50.8 Å². The van der Waals surface area contributed by atoms with Crippen LogP contribution >= 0.6 is 11.8 Å². The Labute approximate surface area is 233 Å². The van der Waals surface area contributed by atoms with Crippen molar-refractivity contribution in [1.82, 2.24) is 9.55 Å². The third-order valence-electron chi connectivity index (χ3n) is 6.62. The van der Waals surface area contributed by atoms with Gasteiger partial charge in [0.25, 0.3) is 5.91 Å². The van der Waals surface area contributed by atoms with E-state index in [9.17, 15) is 14.7 Å². The second-order valence-electron chi connectivity index (χ2n) is 9.83. The lowest BCUT2D eigenvalue weighted by molar-refractivity contribution is -0.138. The molecule has 0 saturated heterocycles. The minimum absolute atomic E-state index is 0.277. The van der Waals surface area contributed by atoms with E-state index in [0.29, 0.717) is 24.7 Å². The zero-order chi connectivity index (χ0) is 28.2. The summed E-state index contributed by atoms with van der Waals surface area (Å²) in [6.07, 6.45) is 0. The third-order valence-corrected chi connectivity index (χ3v) is 7.81. The van der Waals surface area contributed by atoms with Gasteiger partial charge in [0.1, 0.15) is 28.6 Å². The Morgan fingerprint density at radius 1 is 0.974 bits per heavy atom. The number of nitrogens with zero attached hydrogens (tertiary/aromatic N) is 2. The van der Waals surface area contributed by atoms with Crippen LogP contribution in [-0.4, -0.2) is 37.9 Å². The van der Waals surface area contributed by atoms with Crippen molar-refractivity contribution in [1.29, 1.82) is 0 Å². The van der Waals surface area contributed by atoms with Gasteiger partial charge in [-0.2, -0.15) is 0 Å². The zero-order valence-electron chi connectivity index (χ0n) is 22.8. The van der Waals surface area contributed by atoms with Crippen LogP contribution in [0.25, 0.3) is 11.4 Å². The molecule has 39 heavy (non-hydrogen) atoms. The summed E-state index contributed by atoms with van der Waals surface area (Å²) in [5.74, 6) is 0.262. The molecule has 4 rings (SSSR count). The number of carbonyl (C=O) groups is 2. The molecule has 3 aromatic carbocycles. The van der Waals surface area contributed by atoms with E-state index in [1.807, 2.05) is 98.1 Å². The number of para-hydroxylation sites is 1. The zero-order valence-corrected chi connectivity index (χ0v) is 23.6. The number of anilines is 1. The van der Waals surface area contributed by atoms with E-state index in [1.54, 1.807) is 13.8 Å². The first-order valence-electron chi connectivity index (χ1n) is 12.7. The molecule has 1 heterocycles. The van der Waals surface area contributed by atoms with Crippen LogP contribution in [0.5, 0.6) is 5.75 Å². The van der Waals surface area contributed by atoms with Crippen molar-refractivity contribution in [3.63, 3.8) is 0 Å². The standard InChI is InChI=1S/C31H33N3O4S/c1-20-10-9-13-26(21(20)2)32-29(35)27-22(3)34(18-19-38-24-11-7-6-8-12-24)28(33-27)23-14-16-25(17-15-23)39-31(4,5)30(36)37/h6-17H,18-19H2,1-5H3,(H,32,35)(H,36,37). The van der Waals surface area contributed by atoms with Crippen molar-refractivity contribution in [3.05, 3.63) is 95.3 Å². The van der Waals surface area contributed by atoms with Crippen LogP contribution in [0.4, 0.5) is 5.69 Å². The highest BCUT2D eigenvalue weighted by Crippen LogP contribution is 2.34. The molecule has 2 N–H and O–H groups in total. The molecular formula is C31H33N3O4S. The molecule has 0 spiro atoms. The van der Waals surface area contributed by atoms with E-state index in [2.05, 4.69) is 5.32 Å². The van der Waals surface area contributed by atoms with Gasteiger partial charge in [-0.1, -0.05) is 42.5 Å². The van der Waals surface area contributed by atoms with Gasteiger partial charge >= 0.3 is 5.97 Å². The molecule has 202 valence electrons. The highest BCUT2D eigenvalue weighted by Gasteiger charge is 2.28. The first kappa shape index (κ1) is 28.0. The van der Waals surface area contributed by atoms with E-state index < -0.39 is 10.7 Å². The number of carboxylic acids is 1. The number of carbonyl (C=O) groups excluding carboxylic acids is 1. The number of hydrogen-bond donors (Lipinski definition) is 2. The van der Waals surface area contributed by atoms with Crippen LogP contribution in [0.1, 0.15) is 41.2 Å². The molecule has 0 bridgehead atoms. The molecule has 0 saturated carbocycles. The molecule has 0 fully saturated rings. The predicted octanol–water partition coefficient (Wildman–Crippen LogP) is 6.76. The van der Waals surface area contributed by atoms with Gasteiger partial charge in [0.2, 0.25) is 0 Å². The number of aryl methyl sites for hydroxylation is 1. The topological polar surface area (TPSA) is 93.5 Å². The number of aliphatic carboxylic acids is 1. The minimum atomic E-state index is -0.954. The Morgan fingerprint density at radius 3 is 2.33 bits per heavy atom. The monoisotopic (exact) mass is 543 g/mol. The average Bonchev–Trinajstić information content (AvgIpc) is 3.23. The van der Waals surface area contributed by atoms with Crippen LogP contribution in [-0.2, 0) is 11.3 Å². The van der Waals surface area contributed by atoms with Gasteiger partial charge in [0, 0.05) is 21.8 Å². The number of amides is 1. The number of nitrogens with one attached hydrogen (secondary N) is 1. The normalized spacial score (nSPS) is 11.3. The van der Waals surface area contributed by atoms with E-state index in [1.165, 1.54) is 11.8 Å². The van der Waals surface area contributed by atoms with Crippen LogP contribution < -0.4 is 10.1 Å². The maximum atomic E-state index is 13.4. The number of benzene rings is 3. The number of rotatable bonds is 10. The van der Waals surface area contributed by atoms with E-state index in [0.717, 1.165) is 38.7 Å². The summed E-state index contributed by atoms with van der Waals surface area (Å²) < 4.78 is 6.97. The van der Waals surface area contributed by atoms with Crippen molar-refractivity contribution in [3.8, 4) is 17.1 Å². The smallest absolute Gasteiger partial charge is 0.319 e. The molecule has 7 nitrogen and oxygen atoms in total. The minimum Gasteiger partial charge on any atom is -0.492 e. The van der Waals surface area contributed by atoms with Gasteiger partial charge in [0.05, 0.1) is 6.54 Å². The third kappa shape index (κ3) is 6.52. The average molecular weight is 544 g/mol. The Balaban J connectivity index is 1.64. The molecule has 1 amide bonds. The lowest BCUT2D eigenvalue weighted by atomic mass is 10.1. The van der Waals surface area contributed by atoms with Gasteiger partial charge in [-0.15, -0.1) is 11.8 Å². The molecule has 0 aliphatic heterocycles. The van der Waals surface area contributed by atoms with Gasteiger partial charge in [0.15, 0.2) is 0 Å². The summed E-state index contributed by atoms with van der Waals surface area (Å²) in [5.41, 5.74) is 4.76. The van der Waals surface area contributed by atoms with Crippen LogP contribution in [0.15, 0.2) is 77.7 Å². The van der Waals surface area contributed by atoms with E-state index >= 15 is 0 Å². The van der Waals surface area contributed by atoms with Crippen LogP contribution in [0.3, 0.4) is 0 Å². The molecule has 0 aliphatic carbocycles. The molecular weight excluding hydrogens is 510 g/mol. The quantitative estimate of drug-likeness (QED) is 0.215. The maximum absolute atomic E-state index is 13.4. The highest BCUT2D eigenvalue weighted by molar-refractivity contribution is 8.01. The SMILES string of the molecule is Cc1cccc(NC(=O)c2nc(-c3ccc(SC(C)(C)C(=O)O)cc3)n(CCOc3ccccc3)c2C)c1C. The van der Waals surface area contributed by atoms with Gasteiger partial charge in [-0.05, 0) is 76.1 Å². The summed E-state index contributed by atoms with van der Waals surface area (Å²) in [5, 5.41) is 12.5. The molecule has 0 radical (unpaired) electrons. The number of hydrogen-bond acceptors (Lipinski definition) is 5. The molecule has 4 aromatic rings. The number of carboxylic acid groups (broad SMARTS) is 1. The number of thioether (sulfide) groups is 1. The molecule has 0 aliphatic rings. The second kappa shape index (κ2) is 11.8. The molecule has 8 heteroatoms. The van der Waals surface area contributed by atoms with Crippen LogP contribution in [0.2, 0.25) is 0 Å². The Kier molecular flexibility index (Phi) is 8.45. The number of aromatic nitrogens is 2.